The van der Waals surface area contributed by atoms with Gasteiger partial charge in [0.1, 0.15) is 5.82 Å². The Kier molecular flexibility index (Phi) is 6.10. The predicted molar refractivity (Wildman–Crippen MR) is 109 cm³/mol. The van der Waals surface area contributed by atoms with Gasteiger partial charge in [0, 0.05) is 24.2 Å². The van der Waals surface area contributed by atoms with Crippen molar-refractivity contribution in [2.75, 3.05) is 16.8 Å². The molecule has 0 saturated carbocycles. The number of hydrogen-bond acceptors (Lipinski definition) is 3. The second kappa shape index (κ2) is 8.50. The normalized spacial score (nSPS) is 17.2. The molecule has 1 aromatic carbocycles. The van der Waals surface area contributed by atoms with Crippen LogP contribution in [0.4, 0.5) is 11.5 Å². The highest BCUT2D eigenvalue weighted by molar-refractivity contribution is 7.80. The molecule has 1 aliphatic heterocycles. The summed E-state index contributed by atoms with van der Waals surface area (Å²) in [5.74, 6) is 1.03. The summed E-state index contributed by atoms with van der Waals surface area (Å²) in [7, 11) is 0. The molecule has 1 atom stereocenters. The van der Waals surface area contributed by atoms with Crippen LogP contribution in [0.15, 0.2) is 42.6 Å². The third-order valence-corrected chi connectivity index (χ3v) is 5.12. The number of benzene rings is 1. The third-order valence-electron chi connectivity index (χ3n) is 4.50. The number of aromatic nitrogens is 1. The van der Waals surface area contributed by atoms with E-state index < -0.39 is 0 Å². The Morgan fingerprint density at radius 3 is 2.84 bits per heavy atom. The van der Waals surface area contributed by atoms with Crippen LogP contribution in [0.3, 0.4) is 0 Å². The van der Waals surface area contributed by atoms with Crippen LogP contribution >= 0.6 is 23.8 Å². The van der Waals surface area contributed by atoms with Gasteiger partial charge in [0.25, 0.3) is 0 Å². The van der Waals surface area contributed by atoms with Gasteiger partial charge in [-0.2, -0.15) is 0 Å². The van der Waals surface area contributed by atoms with Crippen LogP contribution in [0.2, 0.25) is 5.02 Å². The molecule has 0 amide bonds. The highest BCUT2D eigenvalue weighted by Crippen LogP contribution is 2.23. The van der Waals surface area contributed by atoms with Crippen molar-refractivity contribution < 1.29 is 0 Å². The van der Waals surface area contributed by atoms with Gasteiger partial charge >= 0.3 is 0 Å². The second-order valence-corrected chi connectivity index (χ2v) is 7.16. The van der Waals surface area contributed by atoms with Crippen molar-refractivity contribution in [3.63, 3.8) is 0 Å². The molecule has 6 heteroatoms. The lowest BCUT2D eigenvalue weighted by atomic mass is 10.0. The zero-order chi connectivity index (χ0) is 17.6. The van der Waals surface area contributed by atoms with Gasteiger partial charge in [-0.3, -0.25) is 0 Å². The summed E-state index contributed by atoms with van der Waals surface area (Å²) in [6.45, 7) is 3.93. The largest absolute Gasteiger partial charge is 0.358 e. The van der Waals surface area contributed by atoms with Crippen molar-refractivity contribution in [2.24, 2.45) is 0 Å². The third kappa shape index (κ3) is 4.83. The van der Waals surface area contributed by atoms with E-state index in [2.05, 4.69) is 33.5 Å². The van der Waals surface area contributed by atoms with Crippen LogP contribution in [-0.4, -0.2) is 22.7 Å². The van der Waals surface area contributed by atoms with Gasteiger partial charge in [-0.15, -0.1) is 0 Å². The van der Waals surface area contributed by atoms with Gasteiger partial charge in [0.15, 0.2) is 5.11 Å². The fourth-order valence-corrected chi connectivity index (χ4v) is 3.45. The molecule has 0 aliphatic carbocycles. The molecule has 0 bridgehead atoms. The maximum Gasteiger partial charge on any atom is 0.171 e. The first-order valence-electron chi connectivity index (χ1n) is 8.64. The first kappa shape index (κ1) is 18.0. The van der Waals surface area contributed by atoms with Crippen molar-refractivity contribution in [3.8, 4) is 0 Å². The summed E-state index contributed by atoms with van der Waals surface area (Å²) in [5.41, 5.74) is 1.89. The topological polar surface area (TPSA) is 40.2 Å². The highest BCUT2D eigenvalue weighted by atomic mass is 35.5. The molecule has 1 aromatic heterocycles. The Balaban J connectivity index is 1.54. The molecule has 25 heavy (non-hydrogen) atoms. The lowest BCUT2D eigenvalue weighted by Crippen LogP contribution is -2.37. The van der Waals surface area contributed by atoms with E-state index in [-0.39, 0.29) is 0 Å². The SMILES string of the molecule is CC1CCCCN1c1ccc(NC(=S)NCc2ccccc2Cl)cn1. The summed E-state index contributed by atoms with van der Waals surface area (Å²) < 4.78 is 0. The van der Waals surface area contributed by atoms with Crippen LogP contribution in [-0.2, 0) is 6.54 Å². The minimum atomic E-state index is 0.554. The fourth-order valence-electron chi connectivity index (χ4n) is 3.06. The molecule has 2 aromatic rings. The number of pyridine rings is 1. The molecule has 2 N–H and O–H groups in total. The van der Waals surface area contributed by atoms with Gasteiger partial charge in [-0.25, -0.2) is 4.98 Å². The van der Waals surface area contributed by atoms with E-state index in [1.165, 1.54) is 19.3 Å². The van der Waals surface area contributed by atoms with Gasteiger partial charge < -0.3 is 15.5 Å². The number of piperidine rings is 1. The minimum Gasteiger partial charge on any atom is -0.358 e. The number of anilines is 2. The quantitative estimate of drug-likeness (QED) is 0.765. The zero-order valence-corrected chi connectivity index (χ0v) is 15.9. The molecule has 4 nitrogen and oxygen atoms in total. The number of nitrogens with zero attached hydrogens (tertiary/aromatic N) is 2. The Bertz CT molecular complexity index is 720. The summed E-state index contributed by atoms with van der Waals surface area (Å²) in [6.07, 6.45) is 5.61. The molecule has 2 heterocycles. The standard InChI is InChI=1S/C19H23ClN4S/c1-14-6-4-5-11-24(14)18-10-9-16(13-21-18)23-19(25)22-12-15-7-2-3-8-17(15)20/h2-3,7-10,13-14H,4-6,11-12H2,1H3,(H2,22,23,25). The van der Waals surface area contributed by atoms with Crippen LogP contribution in [0.1, 0.15) is 31.7 Å². The Labute approximate surface area is 159 Å². The lowest BCUT2D eigenvalue weighted by Gasteiger charge is -2.34. The zero-order valence-electron chi connectivity index (χ0n) is 14.3. The average molecular weight is 375 g/mol. The van der Waals surface area contributed by atoms with Crippen LogP contribution < -0.4 is 15.5 Å². The molecule has 0 spiro atoms. The highest BCUT2D eigenvalue weighted by Gasteiger charge is 2.19. The summed E-state index contributed by atoms with van der Waals surface area (Å²) >= 11 is 11.5. The number of hydrogen-bond donors (Lipinski definition) is 2. The smallest absolute Gasteiger partial charge is 0.171 e. The van der Waals surface area contributed by atoms with Crippen molar-refractivity contribution in [2.45, 2.75) is 38.8 Å². The van der Waals surface area contributed by atoms with Gasteiger partial charge in [0.05, 0.1) is 11.9 Å². The Hall–Kier alpha value is -1.85. The molecule has 1 saturated heterocycles. The van der Waals surface area contributed by atoms with E-state index in [0.29, 0.717) is 17.7 Å². The minimum absolute atomic E-state index is 0.554. The fraction of sp³-hybridized carbons (Fsp3) is 0.368. The van der Waals surface area contributed by atoms with Gasteiger partial charge in [0.2, 0.25) is 0 Å². The van der Waals surface area contributed by atoms with Crippen LogP contribution in [0, 0.1) is 0 Å². The van der Waals surface area contributed by atoms with E-state index in [1.807, 2.05) is 36.5 Å². The number of halogens is 1. The molecule has 1 fully saturated rings. The van der Waals surface area contributed by atoms with E-state index in [9.17, 15) is 0 Å². The molecule has 3 rings (SSSR count). The summed E-state index contributed by atoms with van der Waals surface area (Å²) in [4.78, 5) is 6.97. The molecule has 132 valence electrons. The lowest BCUT2D eigenvalue weighted by molar-refractivity contribution is 0.481. The maximum absolute atomic E-state index is 6.15. The first-order valence-corrected chi connectivity index (χ1v) is 9.43. The number of rotatable bonds is 4. The monoisotopic (exact) mass is 374 g/mol. The van der Waals surface area contributed by atoms with Crippen molar-refractivity contribution >= 4 is 40.4 Å². The predicted octanol–water partition coefficient (Wildman–Crippen LogP) is 4.60. The van der Waals surface area contributed by atoms with Gasteiger partial charge in [-0.1, -0.05) is 29.8 Å². The number of thiocarbonyl (C=S) groups is 1. The summed E-state index contributed by atoms with van der Waals surface area (Å²) in [5, 5.41) is 7.63. The van der Waals surface area contributed by atoms with E-state index in [4.69, 9.17) is 23.8 Å². The van der Waals surface area contributed by atoms with E-state index in [0.717, 1.165) is 28.6 Å². The Morgan fingerprint density at radius 1 is 1.28 bits per heavy atom. The molecule has 1 aliphatic rings. The Morgan fingerprint density at radius 2 is 2.12 bits per heavy atom. The molecule has 1 unspecified atom stereocenters. The van der Waals surface area contributed by atoms with Crippen molar-refractivity contribution in [3.05, 3.63) is 53.2 Å². The molecular weight excluding hydrogens is 352 g/mol. The molecule has 0 radical (unpaired) electrons. The van der Waals surface area contributed by atoms with Crippen molar-refractivity contribution in [1.29, 1.82) is 0 Å². The van der Waals surface area contributed by atoms with Crippen molar-refractivity contribution in [1.82, 2.24) is 10.3 Å². The van der Waals surface area contributed by atoms with Gasteiger partial charge in [-0.05, 0) is 62.2 Å². The summed E-state index contributed by atoms with van der Waals surface area (Å²) in [6, 6.07) is 12.4. The number of nitrogens with one attached hydrogen (secondary N) is 2. The van der Waals surface area contributed by atoms with E-state index in [1.54, 1.807) is 0 Å². The van der Waals surface area contributed by atoms with Crippen LogP contribution in [0.5, 0.6) is 0 Å². The average Bonchev–Trinajstić information content (AvgIpc) is 2.62. The molecular formula is C19H23ClN4S. The van der Waals surface area contributed by atoms with Crippen LogP contribution in [0.25, 0.3) is 0 Å². The maximum atomic E-state index is 6.15. The second-order valence-electron chi connectivity index (χ2n) is 6.34. The first-order chi connectivity index (χ1) is 12.1. The van der Waals surface area contributed by atoms with E-state index >= 15 is 0 Å².